The Hall–Kier alpha value is -1.96. The predicted molar refractivity (Wildman–Crippen MR) is 67.0 cm³/mol. The lowest BCUT2D eigenvalue weighted by molar-refractivity contribution is -0.384. The quantitative estimate of drug-likeness (QED) is 0.452. The second-order valence-electron chi connectivity index (χ2n) is 4.66. The molecule has 2 rings (SSSR count). The lowest BCUT2D eigenvalue weighted by Crippen LogP contribution is -2.24. The summed E-state index contributed by atoms with van der Waals surface area (Å²) in [4.78, 5) is 20.1. The van der Waals surface area contributed by atoms with Crippen LogP contribution >= 0.6 is 0 Å². The second-order valence-corrected chi connectivity index (χ2v) is 4.66. The normalized spacial score (nSPS) is 21.5. The molecule has 8 heteroatoms. The predicted octanol–water partition coefficient (Wildman–Crippen LogP) is 0.763. The van der Waals surface area contributed by atoms with Crippen LogP contribution in [0.15, 0.2) is 6.20 Å². The molecule has 0 aromatic carbocycles. The van der Waals surface area contributed by atoms with Crippen LogP contribution in [0.5, 0.6) is 0 Å². The molecule has 1 fully saturated rings. The highest BCUT2D eigenvalue weighted by Crippen LogP contribution is 2.39. The van der Waals surface area contributed by atoms with E-state index in [1.807, 2.05) is 0 Å². The number of aromatic nitrogens is 2. The summed E-state index contributed by atoms with van der Waals surface area (Å²) in [5.41, 5.74) is 2.19. The first-order valence-electron chi connectivity index (χ1n) is 5.72. The van der Waals surface area contributed by atoms with Crippen molar-refractivity contribution >= 4 is 17.5 Å². The molecule has 1 aromatic heterocycles. The van der Waals surface area contributed by atoms with Crippen LogP contribution in [0.1, 0.15) is 13.3 Å². The Bertz CT molecular complexity index is 466. The Labute approximate surface area is 104 Å². The largest absolute Gasteiger partial charge is 0.354 e. The monoisotopic (exact) mass is 252 g/mol. The molecular weight excluding hydrogens is 236 g/mol. The SMILES string of the molecule is CC1CC1CN(C)c1nc(NN)ncc1[N+](=O)[O-]. The van der Waals surface area contributed by atoms with E-state index in [1.54, 1.807) is 11.9 Å². The Morgan fingerprint density at radius 3 is 2.89 bits per heavy atom. The molecule has 0 amide bonds. The number of nitrogen functional groups attached to an aromatic ring is 1. The fraction of sp³-hybridized carbons (Fsp3) is 0.600. The van der Waals surface area contributed by atoms with Crippen LogP contribution in [-0.2, 0) is 0 Å². The van der Waals surface area contributed by atoms with Crippen LogP contribution in [0, 0.1) is 22.0 Å². The van der Waals surface area contributed by atoms with E-state index in [1.165, 1.54) is 6.20 Å². The van der Waals surface area contributed by atoms with Gasteiger partial charge in [0, 0.05) is 13.6 Å². The molecular formula is C10H16N6O2. The van der Waals surface area contributed by atoms with Crippen LogP contribution < -0.4 is 16.2 Å². The summed E-state index contributed by atoms with van der Waals surface area (Å²) >= 11 is 0. The van der Waals surface area contributed by atoms with Crippen LogP contribution in [0.25, 0.3) is 0 Å². The summed E-state index contributed by atoms with van der Waals surface area (Å²) in [6.07, 6.45) is 2.33. The molecule has 0 radical (unpaired) electrons. The summed E-state index contributed by atoms with van der Waals surface area (Å²) in [5.74, 6) is 6.95. The Morgan fingerprint density at radius 2 is 2.39 bits per heavy atom. The van der Waals surface area contributed by atoms with Crippen molar-refractivity contribution in [3.8, 4) is 0 Å². The summed E-state index contributed by atoms with van der Waals surface area (Å²) in [7, 11) is 1.79. The zero-order chi connectivity index (χ0) is 13.3. The minimum Gasteiger partial charge on any atom is -0.354 e. The van der Waals surface area contributed by atoms with Gasteiger partial charge in [0.15, 0.2) is 0 Å². The molecule has 2 atom stereocenters. The number of hydrazine groups is 1. The summed E-state index contributed by atoms with van der Waals surface area (Å²) in [5, 5.41) is 10.9. The summed E-state index contributed by atoms with van der Waals surface area (Å²) < 4.78 is 0. The van der Waals surface area contributed by atoms with E-state index in [0.29, 0.717) is 17.7 Å². The van der Waals surface area contributed by atoms with Gasteiger partial charge in [0.1, 0.15) is 6.20 Å². The Balaban J connectivity index is 2.24. The van der Waals surface area contributed by atoms with Gasteiger partial charge in [0.2, 0.25) is 11.8 Å². The van der Waals surface area contributed by atoms with E-state index < -0.39 is 4.92 Å². The summed E-state index contributed by atoms with van der Waals surface area (Å²) in [6.45, 7) is 2.92. The molecule has 3 N–H and O–H groups in total. The van der Waals surface area contributed by atoms with Crippen LogP contribution in [-0.4, -0.2) is 28.5 Å². The maximum absolute atomic E-state index is 10.9. The van der Waals surface area contributed by atoms with E-state index in [0.717, 1.165) is 13.0 Å². The van der Waals surface area contributed by atoms with E-state index in [4.69, 9.17) is 5.84 Å². The summed E-state index contributed by atoms with van der Waals surface area (Å²) in [6, 6.07) is 0. The maximum atomic E-state index is 10.9. The third-order valence-corrected chi connectivity index (χ3v) is 3.22. The highest BCUT2D eigenvalue weighted by Gasteiger charge is 2.34. The number of rotatable bonds is 5. The average Bonchev–Trinajstić information content (AvgIpc) is 3.03. The third kappa shape index (κ3) is 2.48. The van der Waals surface area contributed by atoms with Gasteiger partial charge in [-0.3, -0.25) is 15.5 Å². The van der Waals surface area contributed by atoms with Gasteiger partial charge in [-0.1, -0.05) is 6.92 Å². The number of hydrogen-bond donors (Lipinski definition) is 2. The van der Waals surface area contributed by atoms with Crippen molar-refractivity contribution in [3.63, 3.8) is 0 Å². The van der Waals surface area contributed by atoms with Crippen molar-refractivity contribution < 1.29 is 4.92 Å². The van der Waals surface area contributed by atoms with E-state index in [2.05, 4.69) is 22.3 Å². The molecule has 1 aliphatic carbocycles. The maximum Gasteiger partial charge on any atom is 0.329 e. The van der Waals surface area contributed by atoms with Gasteiger partial charge >= 0.3 is 5.69 Å². The van der Waals surface area contributed by atoms with Crippen LogP contribution in [0.2, 0.25) is 0 Å². The van der Waals surface area contributed by atoms with E-state index in [-0.39, 0.29) is 11.6 Å². The van der Waals surface area contributed by atoms with Crippen LogP contribution in [0.4, 0.5) is 17.5 Å². The van der Waals surface area contributed by atoms with Gasteiger partial charge in [0.25, 0.3) is 0 Å². The van der Waals surface area contributed by atoms with Crippen molar-refractivity contribution in [2.75, 3.05) is 23.9 Å². The number of nitrogens with zero attached hydrogens (tertiary/aromatic N) is 4. The zero-order valence-corrected chi connectivity index (χ0v) is 10.3. The number of nitro groups is 1. The molecule has 0 bridgehead atoms. The molecule has 1 aliphatic rings. The van der Waals surface area contributed by atoms with Crippen molar-refractivity contribution in [3.05, 3.63) is 16.3 Å². The first-order valence-corrected chi connectivity index (χ1v) is 5.72. The molecule has 1 saturated carbocycles. The van der Waals surface area contributed by atoms with E-state index in [9.17, 15) is 10.1 Å². The number of hydrogen-bond acceptors (Lipinski definition) is 7. The third-order valence-electron chi connectivity index (χ3n) is 3.22. The van der Waals surface area contributed by atoms with Gasteiger partial charge < -0.3 is 4.90 Å². The molecule has 8 nitrogen and oxygen atoms in total. The van der Waals surface area contributed by atoms with E-state index >= 15 is 0 Å². The van der Waals surface area contributed by atoms with Crippen molar-refractivity contribution in [2.45, 2.75) is 13.3 Å². The lowest BCUT2D eigenvalue weighted by atomic mass is 10.3. The standard InChI is InChI=1S/C10H16N6O2/c1-6-3-7(6)5-15(2)9-8(16(17)18)4-12-10(13-9)14-11/h4,6-7H,3,5,11H2,1-2H3,(H,12,13,14). The smallest absolute Gasteiger partial charge is 0.329 e. The average molecular weight is 252 g/mol. The number of anilines is 2. The van der Waals surface area contributed by atoms with Gasteiger partial charge in [-0.05, 0) is 18.3 Å². The molecule has 18 heavy (non-hydrogen) atoms. The first-order chi connectivity index (χ1) is 8.52. The second kappa shape index (κ2) is 4.73. The lowest BCUT2D eigenvalue weighted by Gasteiger charge is -2.18. The molecule has 98 valence electrons. The number of nitrogens with one attached hydrogen (secondary N) is 1. The fourth-order valence-electron chi connectivity index (χ4n) is 1.94. The number of nitrogens with two attached hydrogens (primary N) is 1. The Kier molecular flexibility index (Phi) is 3.28. The minimum absolute atomic E-state index is 0.107. The first kappa shape index (κ1) is 12.5. The van der Waals surface area contributed by atoms with Gasteiger partial charge in [-0.15, -0.1) is 0 Å². The van der Waals surface area contributed by atoms with Crippen molar-refractivity contribution in [2.24, 2.45) is 17.7 Å². The van der Waals surface area contributed by atoms with Gasteiger partial charge in [-0.25, -0.2) is 10.8 Å². The topological polar surface area (TPSA) is 110 Å². The van der Waals surface area contributed by atoms with Crippen molar-refractivity contribution in [1.82, 2.24) is 9.97 Å². The van der Waals surface area contributed by atoms with Gasteiger partial charge in [0.05, 0.1) is 4.92 Å². The molecule has 2 unspecified atom stereocenters. The van der Waals surface area contributed by atoms with Crippen LogP contribution in [0.3, 0.4) is 0 Å². The molecule has 0 saturated heterocycles. The molecule has 1 heterocycles. The highest BCUT2D eigenvalue weighted by molar-refractivity contribution is 5.58. The molecule has 0 aliphatic heterocycles. The highest BCUT2D eigenvalue weighted by atomic mass is 16.6. The fourth-order valence-corrected chi connectivity index (χ4v) is 1.94. The Morgan fingerprint density at radius 1 is 1.72 bits per heavy atom. The zero-order valence-electron chi connectivity index (χ0n) is 10.3. The minimum atomic E-state index is -0.484. The van der Waals surface area contributed by atoms with Crippen molar-refractivity contribution in [1.29, 1.82) is 0 Å². The molecule has 1 aromatic rings. The molecule has 0 spiro atoms. The van der Waals surface area contributed by atoms with Gasteiger partial charge in [-0.2, -0.15) is 4.98 Å².